The normalized spacial score (nSPS) is 26.3. The average Bonchev–Trinajstić information content (AvgIpc) is 2.30. The van der Waals surface area contributed by atoms with Crippen LogP contribution >= 0.6 is 11.8 Å². The van der Waals surface area contributed by atoms with E-state index in [1.54, 1.807) is 25.0 Å². The molecule has 0 saturated heterocycles. The Labute approximate surface area is 101 Å². The Balaban J connectivity index is 3.12. The van der Waals surface area contributed by atoms with Crippen LogP contribution in [-0.2, 0) is 0 Å². The molecule has 1 heterocycles. The number of aliphatic imine (C=N–C) groups is 2. The van der Waals surface area contributed by atoms with Gasteiger partial charge in [-0.05, 0) is 24.3 Å². The summed E-state index contributed by atoms with van der Waals surface area (Å²) in [5.74, 6) is 0.524. The zero-order valence-corrected chi connectivity index (χ0v) is 10.7. The summed E-state index contributed by atoms with van der Waals surface area (Å²) in [5.41, 5.74) is 6.91. The summed E-state index contributed by atoms with van der Waals surface area (Å²) in [5, 5.41) is 0. The highest BCUT2D eigenvalue weighted by Crippen LogP contribution is 2.24. The zero-order chi connectivity index (χ0) is 12.1. The molecule has 1 unspecified atom stereocenters. The summed E-state index contributed by atoms with van der Waals surface area (Å²) < 4.78 is 0. The van der Waals surface area contributed by atoms with Crippen molar-refractivity contribution in [2.45, 2.75) is 19.9 Å². The van der Waals surface area contributed by atoms with Gasteiger partial charge in [-0.25, -0.2) is 0 Å². The van der Waals surface area contributed by atoms with E-state index in [4.69, 9.17) is 5.73 Å². The first-order valence-corrected chi connectivity index (χ1v) is 5.83. The van der Waals surface area contributed by atoms with Gasteiger partial charge in [0.05, 0.1) is 0 Å². The standard InChI is InChI=1S/C12H17N3S/c1-8-5-6-9(2)16-10(3)7-15-11(8)12(13)14-4/h5-7,11H,3H2,1-2,4H3,(H2,13,14)/b8-5?,9-6+,15-7?. The van der Waals surface area contributed by atoms with E-state index in [-0.39, 0.29) is 6.04 Å². The Morgan fingerprint density at radius 1 is 1.50 bits per heavy atom. The predicted molar refractivity (Wildman–Crippen MR) is 74.1 cm³/mol. The molecule has 3 nitrogen and oxygen atoms in total. The van der Waals surface area contributed by atoms with Gasteiger partial charge >= 0.3 is 0 Å². The summed E-state index contributed by atoms with van der Waals surface area (Å²) >= 11 is 1.60. The van der Waals surface area contributed by atoms with Gasteiger partial charge in [-0.3, -0.25) is 9.98 Å². The van der Waals surface area contributed by atoms with Crippen molar-refractivity contribution in [1.82, 2.24) is 0 Å². The molecular weight excluding hydrogens is 218 g/mol. The second kappa shape index (κ2) is 5.70. The van der Waals surface area contributed by atoms with E-state index in [0.717, 1.165) is 10.5 Å². The maximum absolute atomic E-state index is 5.83. The van der Waals surface area contributed by atoms with Gasteiger partial charge in [-0.15, -0.1) is 0 Å². The summed E-state index contributed by atoms with van der Waals surface area (Å²) in [7, 11) is 1.68. The van der Waals surface area contributed by atoms with Crippen molar-refractivity contribution in [2.75, 3.05) is 7.05 Å². The smallest absolute Gasteiger partial charge is 0.128 e. The Kier molecular flexibility index (Phi) is 4.55. The number of nitrogens with two attached hydrogens (primary N) is 1. The van der Waals surface area contributed by atoms with Crippen molar-refractivity contribution >= 4 is 23.8 Å². The van der Waals surface area contributed by atoms with Gasteiger partial charge in [0.2, 0.25) is 0 Å². The SMILES string of the molecule is C=C1C=NC(C(N)=NC)C(C)=C/C=C(\C)S1. The molecule has 0 aromatic carbocycles. The van der Waals surface area contributed by atoms with E-state index in [0.29, 0.717) is 5.84 Å². The number of nitrogens with zero attached hydrogens (tertiary/aromatic N) is 2. The van der Waals surface area contributed by atoms with Gasteiger partial charge in [0.15, 0.2) is 0 Å². The van der Waals surface area contributed by atoms with E-state index in [9.17, 15) is 0 Å². The van der Waals surface area contributed by atoms with Crippen molar-refractivity contribution < 1.29 is 0 Å². The molecule has 0 aliphatic carbocycles. The molecule has 0 aromatic heterocycles. The fourth-order valence-electron chi connectivity index (χ4n) is 1.31. The quantitative estimate of drug-likeness (QED) is 0.561. The molecule has 0 spiro atoms. The van der Waals surface area contributed by atoms with Crippen molar-refractivity contribution in [3.8, 4) is 0 Å². The topological polar surface area (TPSA) is 50.7 Å². The molecule has 0 amide bonds. The molecular formula is C12H17N3S. The van der Waals surface area contributed by atoms with Crippen molar-refractivity contribution in [1.29, 1.82) is 0 Å². The van der Waals surface area contributed by atoms with Crippen LogP contribution in [0.4, 0.5) is 0 Å². The summed E-state index contributed by atoms with van der Waals surface area (Å²) in [4.78, 5) is 10.5. The highest BCUT2D eigenvalue weighted by molar-refractivity contribution is 8.07. The van der Waals surface area contributed by atoms with E-state index in [1.807, 2.05) is 19.9 Å². The molecule has 0 aromatic rings. The number of rotatable bonds is 1. The maximum atomic E-state index is 5.83. The summed E-state index contributed by atoms with van der Waals surface area (Å²) in [6.45, 7) is 7.97. The molecule has 1 atom stereocenters. The minimum atomic E-state index is -0.176. The largest absolute Gasteiger partial charge is 0.385 e. The van der Waals surface area contributed by atoms with Crippen molar-refractivity contribution in [3.63, 3.8) is 0 Å². The molecule has 4 heteroatoms. The fourth-order valence-corrected chi connectivity index (χ4v) is 1.98. The Morgan fingerprint density at radius 2 is 2.19 bits per heavy atom. The lowest BCUT2D eigenvalue weighted by atomic mass is 10.1. The molecule has 1 aliphatic rings. The monoisotopic (exact) mass is 235 g/mol. The molecule has 0 radical (unpaired) electrons. The van der Waals surface area contributed by atoms with E-state index < -0.39 is 0 Å². The third-order valence-corrected chi connectivity index (χ3v) is 3.04. The van der Waals surface area contributed by atoms with Crippen LogP contribution in [0, 0.1) is 0 Å². The maximum Gasteiger partial charge on any atom is 0.128 e. The van der Waals surface area contributed by atoms with Crippen LogP contribution < -0.4 is 5.73 Å². The van der Waals surface area contributed by atoms with Crippen LogP contribution in [-0.4, -0.2) is 25.1 Å². The molecule has 1 rings (SSSR count). The van der Waals surface area contributed by atoms with Gasteiger partial charge in [0.1, 0.15) is 11.9 Å². The van der Waals surface area contributed by atoms with Crippen LogP contribution in [0.3, 0.4) is 0 Å². The Morgan fingerprint density at radius 3 is 2.81 bits per heavy atom. The zero-order valence-electron chi connectivity index (χ0n) is 9.90. The minimum Gasteiger partial charge on any atom is -0.385 e. The fraction of sp³-hybridized carbons (Fsp3) is 0.333. The minimum absolute atomic E-state index is 0.176. The highest BCUT2D eigenvalue weighted by Gasteiger charge is 2.13. The molecule has 0 fully saturated rings. The van der Waals surface area contributed by atoms with Gasteiger partial charge < -0.3 is 5.73 Å². The van der Waals surface area contributed by atoms with Crippen LogP contribution in [0.1, 0.15) is 13.8 Å². The van der Waals surface area contributed by atoms with Crippen LogP contribution in [0.15, 0.2) is 44.1 Å². The molecule has 0 bridgehead atoms. The Hall–Kier alpha value is -1.29. The summed E-state index contributed by atoms with van der Waals surface area (Å²) in [6.07, 6.45) is 5.84. The van der Waals surface area contributed by atoms with Crippen molar-refractivity contribution in [2.24, 2.45) is 15.7 Å². The summed E-state index contributed by atoms with van der Waals surface area (Å²) in [6, 6.07) is -0.176. The molecule has 16 heavy (non-hydrogen) atoms. The lowest BCUT2D eigenvalue weighted by molar-refractivity contribution is 0.982. The van der Waals surface area contributed by atoms with Crippen LogP contribution in [0.2, 0.25) is 0 Å². The lowest BCUT2D eigenvalue weighted by Gasteiger charge is -2.11. The third-order valence-electron chi connectivity index (χ3n) is 2.21. The van der Waals surface area contributed by atoms with Crippen molar-refractivity contribution in [3.05, 3.63) is 34.1 Å². The van der Waals surface area contributed by atoms with E-state index >= 15 is 0 Å². The Bertz CT molecular complexity index is 402. The van der Waals surface area contributed by atoms with E-state index in [2.05, 4.69) is 22.6 Å². The number of allylic oxidation sites excluding steroid dienone is 4. The third kappa shape index (κ3) is 3.38. The first kappa shape index (κ1) is 12.8. The molecule has 86 valence electrons. The number of thioether (sulfide) groups is 1. The number of amidine groups is 1. The van der Waals surface area contributed by atoms with Gasteiger partial charge in [-0.2, -0.15) is 0 Å². The molecule has 2 N–H and O–H groups in total. The van der Waals surface area contributed by atoms with E-state index in [1.165, 1.54) is 4.91 Å². The second-order valence-electron chi connectivity index (χ2n) is 3.59. The predicted octanol–water partition coefficient (Wildman–Crippen LogP) is 2.52. The first-order valence-electron chi connectivity index (χ1n) is 5.01. The average molecular weight is 235 g/mol. The second-order valence-corrected chi connectivity index (χ2v) is 4.96. The number of hydrogen-bond acceptors (Lipinski definition) is 3. The van der Waals surface area contributed by atoms with Crippen LogP contribution in [0.25, 0.3) is 0 Å². The van der Waals surface area contributed by atoms with Gasteiger partial charge in [0, 0.05) is 18.2 Å². The lowest BCUT2D eigenvalue weighted by Crippen LogP contribution is -2.28. The highest BCUT2D eigenvalue weighted by atomic mass is 32.2. The van der Waals surface area contributed by atoms with Crippen LogP contribution in [0.5, 0.6) is 0 Å². The van der Waals surface area contributed by atoms with Gasteiger partial charge in [-0.1, -0.05) is 30.5 Å². The molecule has 1 aliphatic heterocycles. The number of hydrogen-bond donors (Lipinski definition) is 1. The van der Waals surface area contributed by atoms with Gasteiger partial charge in [0.25, 0.3) is 0 Å². The molecule has 0 saturated carbocycles. The first-order chi connectivity index (χ1) is 7.54.